The normalized spacial score (nSPS) is 17.6. The third-order valence-electron chi connectivity index (χ3n) is 5.09. The molecule has 5 heteroatoms. The Morgan fingerprint density at radius 1 is 1.30 bits per heavy atom. The SMILES string of the molecule is COc1cc(C2(C(=O)N(C)C(C)C(=O)O)CCCC2)ccc1C. The molecule has 0 aromatic heterocycles. The Bertz CT molecular complexity index is 605. The smallest absolute Gasteiger partial charge is 0.326 e. The molecule has 2 rings (SSSR count). The van der Waals surface area contributed by atoms with Crippen LogP contribution >= 0.6 is 0 Å². The first kappa shape index (κ1) is 17.3. The van der Waals surface area contributed by atoms with Crippen molar-refractivity contribution in [3.63, 3.8) is 0 Å². The fourth-order valence-electron chi connectivity index (χ4n) is 3.40. The minimum atomic E-state index is -0.990. The van der Waals surface area contributed by atoms with E-state index in [1.807, 2.05) is 25.1 Å². The molecule has 1 N–H and O–H groups in total. The first-order valence-electron chi connectivity index (χ1n) is 7.98. The Kier molecular flexibility index (Phi) is 4.97. The van der Waals surface area contributed by atoms with Crippen molar-refractivity contribution < 1.29 is 19.4 Å². The van der Waals surface area contributed by atoms with Crippen LogP contribution in [0.15, 0.2) is 18.2 Å². The van der Waals surface area contributed by atoms with E-state index >= 15 is 0 Å². The Morgan fingerprint density at radius 3 is 2.43 bits per heavy atom. The molecular weight excluding hydrogens is 294 g/mol. The summed E-state index contributed by atoms with van der Waals surface area (Å²) >= 11 is 0. The first-order chi connectivity index (χ1) is 10.8. The van der Waals surface area contributed by atoms with E-state index < -0.39 is 17.4 Å². The van der Waals surface area contributed by atoms with Crippen LogP contribution in [0.1, 0.15) is 43.7 Å². The lowest BCUT2D eigenvalue weighted by molar-refractivity contribution is -0.150. The van der Waals surface area contributed by atoms with Crippen LogP contribution in [0.25, 0.3) is 0 Å². The van der Waals surface area contributed by atoms with Gasteiger partial charge in [-0.15, -0.1) is 0 Å². The van der Waals surface area contributed by atoms with Crippen LogP contribution in [-0.4, -0.2) is 42.1 Å². The van der Waals surface area contributed by atoms with Gasteiger partial charge < -0.3 is 14.7 Å². The van der Waals surface area contributed by atoms with Gasteiger partial charge in [-0.1, -0.05) is 25.0 Å². The number of hydrogen-bond donors (Lipinski definition) is 1. The Labute approximate surface area is 137 Å². The van der Waals surface area contributed by atoms with Crippen LogP contribution < -0.4 is 4.74 Å². The zero-order valence-corrected chi connectivity index (χ0v) is 14.3. The van der Waals surface area contributed by atoms with Crippen LogP contribution in [0.2, 0.25) is 0 Å². The van der Waals surface area contributed by atoms with E-state index in [0.29, 0.717) is 0 Å². The highest BCUT2D eigenvalue weighted by molar-refractivity contribution is 5.91. The number of amides is 1. The van der Waals surface area contributed by atoms with Gasteiger partial charge in [-0.25, -0.2) is 4.79 Å². The van der Waals surface area contributed by atoms with Crippen molar-refractivity contribution in [2.24, 2.45) is 0 Å². The number of carbonyl (C=O) groups is 2. The molecule has 1 fully saturated rings. The molecule has 5 nitrogen and oxygen atoms in total. The maximum atomic E-state index is 13.1. The molecule has 23 heavy (non-hydrogen) atoms. The molecule has 0 aliphatic heterocycles. The molecule has 1 aromatic carbocycles. The number of carboxylic acids is 1. The maximum Gasteiger partial charge on any atom is 0.326 e. The van der Waals surface area contributed by atoms with Gasteiger partial charge in [0.25, 0.3) is 0 Å². The molecule has 0 heterocycles. The Hall–Kier alpha value is -2.04. The highest BCUT2D eigenvalue weighted by Gasteiger charge is 2.45. The summed E-state index contributed by atoms with van der Waals surface area (Å²) < 4.78 is 5.40. The molecule has 126 valence electrons. The standard InChI is InChI=1S/C18H25NO4/c1-12-7-8-14(11-15(12)23-4)18(9-5-6-10-18)17(22)19(3)13(2)16(20)21/h7-8,11,13H,5-6,9-10H2,1-4H3,(H,20,21). The molecule has 1 unspecified atom stereocenters. The molecule has 1 aromatic rings. The van der Waals surface area contributed by atoms with Crippen LogP contribution in [0, 0.1) is 6.92 Å². The summed E-state index contributed by atoms with van der Waals surface area (Å²) in [5.41, 5.74) is 1.30. The van der Waals surface area contributed by atoms with Crippen molar-refractivity contribution in [2.75, 3.05) is 14.2 Å². The van der Waals surface area contributed by atoms with E-state index in [-0.39, 0.29) is 5.91 Å². The number of aliphatic carboxylic acids is 1. The first-order valence-corrected chi connectivity index (χ1v) is 7.98. The molecule has 0 bridgehead atoms. The fourth-order valence-corrected chi connectivity index (χ4v) is 3.40. The van der Waals surface area contributed by atoms with Crippen molar-refractivity contribution in [3.05, 3.63) is 29.3 Å². The van der Waals surface area contributed by atoms with Crippen molar-refractivity contribution in [1.82, 2.24) is 4.90 Å². The zero-order chi connectivity index (χ0) is 17.2. The molecule has 0 saturated heterocycles. The van der Waals surface area contributed by atoms with Crippen molar-refractivity contribution in [3.8, 4) is 5.75 Å². The third-order valence-corrected chi connectivity index (χ3v) is 5.09. The predicted molar refractivity (Wildman–Crippen MR) is 87.7 cm³/mol. The molecule has 1 aliphatic carbocycles. The van der Waals surface area contributed by atoms with Crippen molar-refractivity contribution >= 4 is 11.9 Å². The van der Waals surface area contributed by atoms with Crippen LogP contribution in [0.5, 0.6) is 5.75 Å². The second-order valence-corrected chi connectivity index (χ2v) is 6.40. The van der Waals surface area contributed by atoms with Gasteiger partial charge in [0.05, 0.1) is 12.5 Å². The zero-order valence-electron chi connectivity index (χ0n) is 14.3. The highest BCUT2D eigenvalue weighted by Crippen LogP contribution is 2.44. The van der Waals surface area contributed by atoms with Gasteiger partial charge in [-0.05, 0) is 43.9 Å². The van der Waals surface area contributed by atoms with E-state index in [1.165, 1.54) is 4.90 Å². The molecular formula is C18H25NO4. The summed E-state index contributed by atoms with van der Waals surface area (Å²) in [5.74, 6) is -0.346. The van der Waals surface area contributed by atoms with Gasteiger partial charge in [0.1, 0.15) is 11.8 Å². The van der Waals surface area contributed by atoms with E-state index in [4.69, 9.17) is 4.74 Å². The lowest BCUT2D eigenvalue weighted by Gasteiger charge is -2.35. The van der Waals surface area contributed by atoms with E-state index in [9.17, 15) is 14.7 Å². The monoisotopic (exact) mass is 319 g/mol. The quantitative estimate of drug-likeness (QED) is 0.906. The lowest BCUT2D eigenvalue weighted by Crippen LogP contribution is -2.49. The minimum Gasteiger partial charge on any atom is -0.496 e. The molecule has 1 atom stereocenters. The summed E-state index contributed by atoms with van der Waals surface area (Å²) in [6.45, 7) is 3.50. The molecule has 1 saturated carbocycles. The molecule has 0 spiro atoms. The van der Waals surface area contributed by atoms with E-state index in [1.54, 1.807) is 21.1 Å². The van der Waals surface area contributed by atoms with Crippen LogP contribution in [-0.2, 0) is 15.0 Å². The average molecular weight is 319 g/mol. The Balaban J connectivity index is 2.44. The number of carboxylic acid groups (broad SMARTS) is 1. The maximum absolute atomic E-state index is 13.1. The van der Waals surface area contributed by atoms with Gasteiger partial charge >= 0.3 is 5.97 Å². The van der Waals surface area contributed by atoms with Gasteiger partial charge in [0.15, 0.2) is 0 Å². The van der Waals surface area contributed by atoms with Crippen LogP contribution in [0.3, 0.4) is 0 Å². The predicted octanol–water partition coefficient (Wildman–Crippen LogP) is 2.75. The number of rotatable bonds is 5. The van der Waals surface area contributed by atoms with E-state index in [2.05, 4.69) is 0 Å². The van der Waals surface area contributed by atoms with Gasteiger partial charge in [-0.2, -0.15) is 0 Å². The summed E-state index contributed by atoms with van der Waals surface area (Å²) in [6, 6.07) is 5.02. The number of ether oxygens (including phenoxy) is 1. The van der Waals surface area contributed by atoms with Crippen molar-refractivity contribution in [2.45, 2.75) is 51.0 Å². The average Bonchev–Trinajstić information content (AvgIpc) is 3.03. The number of hydrogen-bond acceptors (Lipinski definition) is 3. The summed E-state index contributed by atoms with van der Waals surface area (Å²) in [4.78, 5) is 25.7. The van der Waals surface area contributed by atoms with Crippen molar-refractivity contribution in [1.29, 1.82) is 0 Å². The van der Waals surface area contributed by atoms with Gasteiger partial charge in [0, 0.05) is 7.05 Å². The highest BCUT2D eigenvalue weighted by atomic mass is 16.5. The third kappa shape index (κ3) is 3.05. The molecule has 1 amide bonds. The number of nitrogens with zero attached hydrogens (tertiary/aromatic N) is 1. The second-order valence-electron chi connectivity index (χ2n) is 6.40. The van der Waals surface area contributed by atoms with Crippen LogP contribution in [0.4, 0.5) is 0 Å². The van der Waals surface area contributed by atoms with Gasteiger partial charge in [0.2, 0.25) is 5.91 Å². The summed E-state index contributed by atoms with van der Waals surface area (Å²) in [5, 5.41) is 9.20. The number of benzene rings is 1. The van der Waals surface area contributed by atoms with E-state index in [0.717, 1.165) is 42.6 Å². The number of carbonyl (C=O) groups excluding carboxylic acids is 1. The second kappa shape index (κ2) is 6.60. The minimum absolute atomic E-state index is 0.115. The largest absolute Gasteiger partial charge is 0.496 e. The molecule has 1 aliphatic rings. The Morgan fingerprint density at radius 2 is 1.91 bits per heavy atom. The molecule has 0 radical (unpaired) electrons. The number of likely N-dealkylation sites (N-methyl/N-ethyl adjacent to an activating group) is 1. The number of methoxy groups -OCH3 is 1. The van der Waals surface area contributed by atoms with Gasteiger partial charge in [-0.3, -0.25) is 4.79 Å². The summed E-state index contributed by atoms with van der Waals surface area (Å²) in [7, 11) is 3.19. The number of aryl methyl sites for hydroxylation is 1. The fraction of sp³-hybridized carbons (Fsp3) is 0.556. The summed E-state index contributed by atoms with van der Waals surface area (Å²) in [6.07, 6.45) is 3.43. The topological polar surface area (TPSA) is 66.8 Å². The lowest BCUT2D eigenvalue weighted by atomic mass is 9.77.